The largest absolute Gasteiger partial charge is 0.379 e. The van der Waals surface area contributed by atoms with Crippen LogP contribution in [0.4, 0.5) is 5.69 Å². The molecule has 0 bridgehead atoms. The fraction of sp³-hybridized carbons (Fsp3) is 0.250. The zero-order valence-corrected chi connectivity index (χ0v) is 11.2. The molecule has 1 aromatic heterocycles. The van der Waals surface area contributed by atoms with Crippen molar-refractivity contribution in [3.63, 3.8) is 0 Å². The molecule has 0 unspecified atom stereocenters. The molecule has 0 aliphatic heterocycles. The van der Waals surface area contributed by atoms with Crippen molar-refractivity contribution in [2.75, 3.05) is 5.32 Å². The van der Waals surface area contributed by atoms with Crippen LogP contribution in [0.25, 0.3) is 0 Å². The highest BCUT2D eigenvalue weighted by atomic mass is 14.9. The van der Waals surface area contributed by atoms with Crippen LogP contribution in [0.2, 0.25) is 0 Å². The van der Waals surface area contributed by atoms with E-state index in [4.69, 9.17) is 5.26 Å². The van der Waals surface area contributed by atoms with E-state index in [0.29, 0.717) is 18.2 Å². The standard InChI is InChI=1S/C16H17N3/c1-12(2)14-7-5-13(6-8-14)11-19-15-4-3-9-18-16(15)10-17/h3-9,12,19H,11H2,1-2H3. The number of benzene rings is 1. The van der Waals surface area contributed by atoms with Crippen molar-refractivity contribution in [3.8, 4) is 6.07 Å². The number of hydrogen-bond donors (Lipinski definition) is 1. The number of hydrogen-bond acceptors (Lipinski definition) is 3. The molecule has 96 valence electrons. The monoisotopic (exact) mass is 251 g/mol. The third-order valence-electron chi connectivity index (χ3n) is 3.04. The Labute approximate surface area is 113 Å². The molecule has 0 saturated heterocycles. The number of nitriles is 1. The number of anilines is 1. The van der Waals surface area contributed by atoms with Crippen LogP contribution in [-0.2, 0) is 6.54 Å². The van der Waals surface area contributed by atoms with Gasteiger partial charge in [-0.1, -0.05) is 38.1 Å². The molecule has 3 nitrogen and oxygen atoms in total. The fourth-order valence-electron chi connectivity index (χ4n) is 1.85. The van der Waals surface area contributed by atoms with Gasteiger partial charge in [0, 0.05) is 12.7 Å². The number of rotatable bonds is 4. The van der Waals surface area contributed by atoms with Gasteiger partial charge in [-0.3, -0.25) is 0 Å². The van der Waals surface area contributed by atoms with Crippen molar-refractivity contribution in [1.82, 2.24) is 4.98 Å². The maximum absolute atomic E-state index is 8.96. The summed E-state index contributed by atoms with van der Waals surface area (Å²) in [5.41, 5.74) is 3.74. The highest BCUT2D eigenvalue weighted by Gasteiger charge is 2.02. The fourth-order valence-corrected chi connectivity index (χ4v) is 1.85. The second-order valence-electron chi connectivity index (χ2n) is 4.76. The van der Waals surface area contributed by atoms with Crippen LogP contribution in [0.15, 0.2) is 42.6 Å². The van der Waals surface area contributed by atoms with E-state index in [1.165, 1.54) is 11.1 Å². The first-order valence-corrected chi connectivity index (χ1v) is 6.38. The Hall–Kier alpha value is -2.34. The lowest BCUT2D eigenvalue weighted by Crippen LogP contribution is -2.02. The van der Waals surface area contributed by atoms with Crippen LogP contribution in [0.3, 0.4) is 0 Å². The average Bonchev–Trinajstić information content (AvgIpc) is 2.45. The van der Waals surface area contributed by atoms with E-state index in [1.54, 1.807) is 6.20 Å². The first-order chi connectivity index (χ1) is 9.20. The van der Waals surface area contributed by atoms with Crippen LogP contribution in [0, 0.1) is 11.3 Å². The molecule has 0 aliphatic rings. The highest BCUT2D eigenvalue weighted by Crippen LogP contribution is 2.16. The molecule has 0 radical (unpaired) electrons. The second-order valence-corrected chi connectivity index (χ2v) is 4.76. The molecule has 0 fully saturated rings. The van der Waals surface area contributed by atoms with E-state index < -0.39 is 0 Å². The predicted octanol–water partition coefficient (Wildman–Crippen LogP) is 3.69. The smallest absolute Gasteiger partial charge is 0.163 e. The van der Waals surface area contributed by atoms with Crippen LogP contribution < -0.4 is 5.32 Å². The first-order valence-electron chi connectivity index (χ1n) is 6.38. The van der Waals surface area contributed by atoms with Gasteiger partial charge in [-0.05, 0) is 29.2 Å². The number of nitrogens with zero attached hydrogens (tertiary/aromatic N) is 2. The lowest BCUT2D eigenvalue weighted by atomic mass is 10.0. The first kappa shape index (κ1) is 13.1. The third-order valence-corrected chi connectivity index (χ3v) is 3.04. The molecule has 0 aliphatic carbocycles. The molecule has 1 heterocycles. The van der Waals surface area contributed by atoms with Gasteiger partial charge < -0.3 is 5.32 Å². The van der Waals surface area contributed by atoms with Gasteiger partial charge in [0.05, 0.1) is 5.69 Å². The zero-order chi connectivity index (χ0) is 13.7. The molecule has 0 spiro atoms. The lowest BCUT2D eigenvalue weighted by Gasteiger charge is -2.09. The maximum atomic E-state index is 8.96. The molecule has 3 heteroatoms. The third kappa shape index (κ3) is 3.32. The summed E-state index contributed by atoms with van der Waals surface area (Å²) in [4.78, 5) is 4.02. The normalized spacial score (nSPS) is 10.2. The van der Waals surface area contributed by atoms with Gasteiger partial charge in [0.15, 0.2) is 5.69 Å². The summed E-state index contributed by atoms with van der Waals surface area (Å²) in [6.45, 7) is 5.06. The van der Waals surface area contributed by atoms with Gasteiger partial charge in [0.25, 0.3) is 0 Å². The highest BCUT2D eigenvalue weighted by molar-refractivity contribution is 5.53. The van der Waals surface area contributed by atoms with Crippen molar-refractivity contribution in [2.24, 2.45) is 0 Å². The van der Waals surface area contributed by atoms with Gasteiger partial charge in [0.1, 0.15) is 6.07 Å². The van der Waals surface area contributed by atoms with E-state index in [9.17, 15) is 0 Å². The van der Waals surface area contributed by atoms with Gasteiger partial charge in [-0.15, -0.1) is 0 Å². The minimum Gasteiger partial charge on any atom is -0.379 e. The Kier molecular flexibility index (Phi) is 4.15. The molecule has 1 aromatic carbocycles. The Balaban J connectivity index is 2.04. The topological polar surface area (TPSA) is 48.7 Å². The summed E-state index contributed by atoms with van der Waals surface area (Å²) in [5.74, 6) is 0.547. The van der Waals surface area contributed by atoms with Gasteiger partial charge in [-0.25, -0.2) is 4.98 Å². The van der Waals surface area contributed by atoms with Gasteiger partial charge in [-0.2, -0.15) is 5.26 Å². The zero-order valence-electron chi connectivity index (χ0n) is 11.2. The average molecular weight is 251 g/mol. The Bertz CT molecular complexity index is 580. The van der Waals surface area contributed by atoms with Crippen molar-refractivity contribution in [2.45, 2.75) is 26.3 Å². The quantitative estimate of drug-likeness (QED) is 0.901. The molecular formula is C16H17N3. The Morgan fingerprint density at radius 1 is 1.21 bits per heavy atom. The second kappa shape index (κ2) is 6.01. The molecule has 0 atom stereocenters. The molecule has 0 saturated carbocycles. The summed E-state index contributed by atoms with van der Waals surface area (Å²) >= 11 is 0. The minimum absolute atomic E-state index is 0.432. The molecule has 0 amide bonds. The molecule has 1 N–H and O–H groups in total. The van der Waals surface area contributed by atoms with E-state index in [1.807, 2.05) is 12.1 Å². The Morgan fingerprint density at radius 3 is 2.58 bits per heavy atom. The van der Waals surface area contributed by atoms with E-state index in [-0.39, 0.29) is 0 Å². The summed E-state index contributed by atoms with van der Waals surface area (Å²) < 4.78 is 0. The molecular weight excluding hydrogens is 234 g/mol. The molecule has 19 heavy (non-hydrogen) atoms. The number of aromatic nitrogens is 1. The van der Waals surface area contributed by atoms with E-state index >= 15 is 0 Å². The Morgan fingerprint density at radius 2 is 1.95 bits per heavy atom. The van der Waals surface area contributed by atoms with Crippen molar-refractivity contribution < 1.29 is 0 Å². The SMILES string of the molecule is CC(C)c1ccc(CNc2cccnc2C#N)cc1. The summed E-state index contributed by atoms with van der Waals surface area (Å²) in [6.07, 6.45) is 1.63. The molecule has 2 aromatic rings. The molecule has 2 rings (SSSR count). The van der Waals surface area contributed by atoms with E-state index in [0.717, 1.165) is 5.69 Å². The van der Waals surface area contributed by atoms with Crippen LogP contribution in [0.5, 0.6) is 0 Å². The van der Waals surface area contributed by atoms with Crippen molar-refractivity contribution in [3.05, 3.63) is 59.4 Å². The van der Waals surface area contributed by atoms with Crippen LogP contribution in [-0.4, -0.2) is 4.98 Å². The van der Waals surface area contributed by atoms with Gasteiger partial charge in [0.2, 0.25) is 0 Å². The lowest BCUT2D eigenvalue weighted by molar-refractivity contribution is 0.865. The van der Waals surface area contributed by atoms with E-state index in [2.05, 4.69) is 54.5 Å². The van der Waals surface area contributed by atoms with Crippen LogP contribution in [0.1, 0.15) is 36.6 Å². The summed E-state index contributed by atoms with van der Waals surface area (Å²) in [7, 11) is 0. The van der Waals surface area contributed by atoms with Gasteiger partial charge >= 0.3 is 0 Å². The maximum Gasteiger partial charge on any atom is 0.163 e. The summed E-state index contributed by atoms with van der Waals surface area (Å²) in [5, 5.41) is 12.2. The predicted molar refractivity (Wildman–Crippen MR) is 76.8 cm³/mol. The van der Waals surface area contributed by atoms with Crippen molar-refractivity contribution >= 4 is 5.69 Å². The van der Waals surface area contributed by atoms with Crippen molar-refractivity contribution in [1.29, 1.82) is 5.26 Å². The summed E-state index contributed by atoms with van der Waals surface area (Å²) in [6, 6.07) is 14.3. The number of nitrogens with one attached hydrogen (secondary N) is 1. The minimum atomic E-state index is 0.432. The number of pyridine rings is 1. The van der Waals surface area contributed by atoms with Crippen LogP contribution >= 0.6 is 0 Å².